The Bertz CT molecular complexity index is 658. The Morgan fingerprint density at radius 2 is 2.22 bits per heavy atom. The van der Waals surface area contributed by atoms with Gasteiger partial charge in [0.1, 0.15) is 15.3 Å². The van der Waals surface area contributed by atoms with Crippen LogP contribution in [0.1, 0.15) is 21.1 Å². The molecule has 2 aromatic rings. The summed E-state index contributed by atoms with van der Waals surface area (Å²) in [4.78, 5) is 19.5. The van der Waals surface area contributed by atoms with Crippen molar-refractivity contribution in [3.8, 4) is 11.3 Å². The van der Waals surface area contributed by atoms with Crippen molar-refractivity contribution in [1.82, 2.24) is 9.97 Å². The van der Waals surface area contributed by atoms with Crippen molar-refractivity contribution in [2.24, 2.45) is 0 Å². The maximum atomic E-state index is 11.7. The first kappa shape index (κ1) is 12.9. The molecule has 0 aliphatic carbocycles. The van der Waals surface area contributed by atoms with Gasteiger partial charge >= 0.3 is 5.97 Å². The SMILES string of the molecule is COC(=O)c1scc(C)c1-c1cc(=S)nc(C)[nH]1. The summed E-state index contributed by atoms with van der Waals surface area (Å²) in [5, 5.41) is 1.92. The van der Waals surface area contributed by atoms with Gasteiger partial charge in [0.15, 0.2) is 0 Å². The molecule has 0 aliphatic heterocycles. The van der Waals surface area contributed by atoms with Crippen LogP contribution in [0.25, 0.3) is 11.3 Å². The summed E-state index contributed by atoms with van der Waals surface area (Å²) in [5.74, 6) is 0.385. The number of rotatable bonds is 2. The Morgan fingerprint density at radius 1 is 1.50 bits per heavy atom. The Morgan fingerprint density at radius 3 is 2.83 bits per heavy atom. The third kappa shape index (κ3) is 2.34. The van der Waals surface area contributed by atoms with Gasteiger partial charge in [0.2, 0.25) is 0 Å². The molecule has 0 atom stereocenters. The molecule has 0 saturated carbocycles. The van der Waals surface area contributed by atoms with Crippen LogP contribution in [-0.4, -0.2) is 23.0 Å². The summed E-state index contributed by atoms with van der Waals surface area (Å²) >= 11 is 6.46. The van der Waals surface area contributed by atoms with Gasteiger partial charge in [0.25, 0.3) is 0 Å². The Hall–Kier alpha value is -1.53. The van der Waals surface area contributed by atoms with Gasteiger partial charge in [-0.3, -0.25) is 0 Å². The monoisotopic (exact) mass is 280 g/mol. The largest absolute Gasteiger partial charge is 0.465 e. The first-order valence-corrected chi connectivity index (χ1v) is 6.56. The molecule has 2 aromatic heterocycles. The maximum Gasteiger partial charge on any atom is 0.348 e. The van der Waals surface area contributed by atoms with Gasteiger partial charge in [-0.1, -0.05) is 12.2 Å². The second-order valence-corrected chi connectivity index (χ2v) is 5.13. The average Bonchev–Trinajstić information content (AvgIpc) is 2.69. The lowest BCUT2D eigenvalue weighted by molar-refractivity contribution is 0.0607. The van der Waals surface area contributed by atoms with Gasteiger partial charge in [-0.25, -0.2) is 9.78 Å². The van der Waals surface area contributed by atoms with Crippen LogP contribution in [0, 0.1) is 18.5 Å². The second-order valence-electron chi connectivity index (χ2n) is 3.83. The highest BCUT2D eigenvalue weighted by Crippen LogP contribution is 2.31. The predicted octanol–water partition coefficient (Wildman–Crippen LogP) is 3.27. The Kier molecular flexibility index (Phi) is 3.58. The minimum atomic E-state index is -0.336. The van der Waals surface area contributed by atoms with Crippen LogP contribution >= 0.6 is 23.6 Å². The molecule has 18 heavy (non-hydrogen) atoms. The quantitative estimate of drug-likeness (QED) is 0.677. The molecule has 94 valence electrons. The number of H-pyrrole nitrogens is 1. The van der Waals surface area contributed by atoms with E-state index in [1.165, 1.54) is 18.4 Å². The molecule has 0 spiro atoms. The van der Waals surface area contributed by atoms with Crippen LogP contribution in [-0.2, 0) is 4.74 Å². The van der Waals surface area contributed by atoms with E-state index >= 15 is 0 Å². The minimum absolute atomic E-state index is 0.336. The molecule has 0 bridgehead atoms. The fourth-order valence-electron chi connectivity index (χ4n) is 1.74. The molecule has 0 aliphatic rings. The minimum Gasteiger partial charge on any atom is -0.465 e. The molecule has 4 nitrogen and oxygen atoms in total. The molecule has 0 amide bonds. The van der Waals surface area contributed by atoms with E-state index in [-0.39, 0.29) is 5.97 Å². The summed E-state index contributed by atoms with van der Waals surface area (Å²) in [6.07, 6.45) is 0. The molecule has 0 saturated heterocycles. The van der Waals surface area contributed by atoms with Gasteiger partial charge in [0, 0.05) is 5.56 Å². The third-order valence-electron chi connectivity index (χ3n) is 2.48. The predicted molar refractivity (Wildman–Crippen MR) is 73.5 cm³/mol. The molecule has 0 radical (unpaired) electrons. The van der Waals surface area contributed by atoms with Gasteiger partial charge < -0.3 is 9.72 Å². The molecular weight excluding hydrogens is 268 g/mol. The molecule has 2 heterocycles. The van der Waals surface area contributed by atoms with Crippen molar-refractivity contribution in [3.63, 3.8) is 0 Å². The Labute approximate surface area is 114 Å². The summed E-state index contributed by atoms with van der Waals surface area (Å²) in [6, 6.07) is 1.75. The van der Waals surface area contributed by atoms with Crippen LogP contribution in [0.3, 0.4) is 0 Å². The topological polar surface area (TPSA) is 55.0 Å². The van der Waals surface area contributed by atoms with Crippen molar-refractivity contribution in [2.75, 3.05) is 7.11 Å². The fourth-order valence-corrected chi connectivity index (χ4v) is 2.97. The van der Waals surface area contributed by atoms with Crippen molar-refractivity contribution in [3.05, 3.63) is 32.4 Å². The van der Waals surface area contributed by atoms with Gasteiger partial charge in [-0.15, -0.1) is 11.3 Å². The number of methoxy groups -OCH3 is 1. The number of ether oxygens (including phenoxy) is 1. The lowest BCUT2D eigenvalue weighted by atomic mass is 10.1. The average molecular weight is 280 g/mol. The lowest BCUT2D eigenvalue weighted by Crippen LogP contribution is -2.02. The van der Waals surface area contributed by atoms with Crippen molar-refractivity contribution in [2.45, 2.75) is 13.8 Å². The molecule has 6 heteroatoms. The van der Waals surface area contributed by atoms with Gasteiger partial charge in [0.05, 0.1) is 12.8 Å². The smallest absolute Gasteiger partial charge is 0.348 e. The normalized spacial score (nSPS) is 10.4. The Balaban J connectivity index is 2.66. The highest BCUT2D eigenvalue weighted by Gasteiger charge is 2.18. The maximum absolute atomic E-state index is 11.7. The summed E-state index contributed by atoms with van der Waals surface area (Å²) in [6.45, 7) is 3.78. The standard InChI is InChI=1S/C12H12N2O2S2/c1-6-5-18-11(12(15)16-3)10(6)8-4-9(17)14-7(2)13-8/h4-5H,1-3H3,(H,13,14,17). The highest BCUT2D eigenvalue weighted by atomic mass is 32.1. The molecule has 1 N–H and O–H groups in total. The summed E-state index contributed by atoms with van der Waals surface area (Å²) < 4.78 is 5.29. The van der Waals surface area contributed by atoms with Crippen LogP contribution in [0.15, 0.2) is 11.4 Å². The number of hydrogen-bond donors (Lipinski definition) is 1. The summed E-state index contributed by atoms with van der Waals surface area (Å²) in [5.41, 5.74) is 2.65. The van der Waals surface area contributed by atoms with Crippen LogP contribution < -0.4 is 0 Å². The first-order valence-electron chi connectivity index (χ1n) is 5.27. The number of thiophene rings is 1. The zero-order chi connectivity index (χ0) is 13.3. The molecular formula is C12H12N2O2S2. The number of aromatic nitrogens is 2. The van der Waals surface area contributed by atoms with Crippen LogP contribution in [0.5, 0.6) is 0 Å². The van der Waals surface area contributed by atoms with Crippen molar-refractivity contribution < 1.29 is 9.53 Å². The van der Waals surface area contributed by atoms with E-state index in [9.17, 15) is 4.79 Å². The van der Waals surface area contributed by atoms with E-state index in [0.717, 1.165) is 22.6 Å². The molecule has 2 rings (SSSR count). The number of aromatic amines is 1. The fraction of sp³-hybridized carbons (Fsp3) is 0.250. The summed E-state index contributed by atoms with van der Waals surface area (Å²) in [7, 11) is 1.38. The number of carbonyl (C=O) groups excluding carboxylic acids is 1. The van der Waals surface area contributed by atoms with E-state index < -0.39 is 0 Å². The zero-order valence-corrected chi connectivity index (χ0v) is 11.9. The number of esters is 1. The highest BCUT2D eigenvalue weighted by molar-refractivity contribution is 7.71. The number of nitrogens with zero attached hydrogens (tertiary/aromatic N) is 1. The van der Waals surface area contributed by atoms with Crippen LogP contribution in [0.4, 0.5) is 0 Å². The number of carbonyl (C=O) groups is 1. The molecule has 0 fully saturated rings. The molecule has 0 aromatic carbocycles. The van der Waals surface area contributed by atoms with Crippen molar-refractivity contribution >= 4 is 29.5 Å². The number of hydrogen-bond acceptors (Lipinski definition) is 5. The third-order valence-corrected chi connectivity index (χ3v) is 3.76. The van der Waals surface area contributed by atoms with E-state index in [2.05, 4.69) is 9.97 Å². The second kappa shape index (κ2) is 4.99. The number of nitrogens with one attached hydrogen (secondary N) is 1. The lowest BCUT2D eigenvalue weighted by Gasteiger charge is -2.06. The van der Waals surface area contributed by atoms with Gasteiger partial charge in [-0.05, 0) is 30.9 Å². The van der Waals surface area contributed by atoms with Gasteiger partial charge in [-0.2, -0.15) is 0 Å². The zero-order valence-electron chi connectivity index (χ0n) is 10.2. The van der Waals surface area contributed by atoms with Crippen LogP contribution in [0.2, 0.25) is 0 Å². The molecule has 0 unspecified atom stereocenters. The van der Waals surface area contributed by atoms with E-state index in [0.29, 0.717) is 9.52 Å². The van der Waals surface area contributed by atoms with E-state index in [4.69, 9.17) is 17.0 Å². The van der Waals surface area contributed by atoms with Crippen molar-refractivity contribution in [1.29, 1.82) is 0 Å². The van der Waals surface area contributed by atoms with E-state index in [1.807, 2.05) is 19.2 Å². The number of aryl methyl sites for hydroxylation is 2. The first-order chi connectivity index (χ1) is 8.52. The van der Waals surface area contributed by atoms with E-state index in [1.54, 1.807) is 6.07 Å².